The van der Waals surface area contributed by atoms with Gasteiger partial charge in [0, 0.05) is 41.4 Å². The zero-order valence-corrected chi connectivity index (χ0v) is 17.6. The lowest BCUT2D eigenvalue weighted by molar-refractivity contribution is 0.197. The van der Waals surface area contributed by atoms with E-state index in [2.05, 4.69) is 27.0 Å². The molecule has 0 spiro atoms. The lowest BCUT2D eigenvalue weighted by Gasteiger charge is -2.33. The Balaban J connectivity index is 1.48. The Bertz CT molecular complexity index is 965. The summed E-state index contributed by atoms with van der Waals surface area (Å²) in [4.78, 5) is 11.4. The van der Waals surface area contributed by atoms with E-state index in [0.29, 0.717) is 12.5 Å². The maximum atomic E-state index is 8.88. The van der Waals surface area contributed by atoms with Gasteiger partial charge in [-0.2, -0.15) is 0 Å². The summed E-state index contributed by atoms with van der Waals surface area (Å²) in [7, 11) is 0. The summed E-state index contributed by atoms with van der Waals surface area (Å²) in [6, 6.07) is 16.0. The number of halogens is 1. The highest BCUT2D eigenvalue weighted by Gasteiger charge is 2.25. The van der Waals surface area contributed by atoms with Gasteiger partial charge >= 0.3 is 0 Å². The molecule has 1 aliphatic rings. The largest absolute Gasteiger partial charge is 0.491 e. The highest BCUT2D eigenvalue weighted by atomic mass is 35.5. The quantitative estimate of drug-likeness (QED) is 0.604. The monoisotopic (exact) mass is 423 g/mol. The Hall–Kier alpha value is -2.47. The van der Waals surface area contributed by atoms with Crippen LogP contribution in [0.5, 0.6) is 5.75 Å². The molecule has 3 aromatic rings. The van der Waals surface area contributed by atoms with Crippen LogP contribution in [0.2, 0.25) is 5.02 Å². The van der Waals surface area contributed by atoms with Gasteiger partial charge in [-0.25, -0.2) is 9.97 Å². The van der Waals surface area contributed by atoms with Crippen LogP contribution in [-0.2, 0) is 6.54 Å². The molecule has 0 bridgehead atoms. The molecule has 1 saturated heterocycles. The van der Waals surface area contributed by atoms with E-state index in [0.717, 1.165) is 60.1 Å². The maximum Gasteiger partial charge on any atom is 0.119 e. The predicted octanol–water partition coefficient (Wildman–Crippen LogP) is 4.55. The van der Waals surface area contributed by atoms with Gasteiger partial charge in [0.25, 0.3) is 0 Å². The Morgan fingerprint density at radius 2 is 1.93 bits per heavy atom. The molecule has 30 heavy (non-hydrogen) atoms. The lowest BCUT2D eigenvalue weighted by Crippen LogP contribution is -2.34. The van der Waals surface area contributed by atoms with E-state index in [1.54, 1.807) is 6.33 Å². The van der Waals surface area contributed by atoms with Crippen molar-refractivity contribution in [1.29, 1.82) is 0 Å². The molecule has 4 rings (SSSR count). The van der Waals surface area contributed by atoms with E-state index in [1.165, 1.54) is 5.56 Å². The van der Waals surface area contributed by atoms with Gasteiger partial charge in [0.2, 0.25) is 0 Å². The fourth-order valence-corrected chi connectivity index (χ4v) is 4.32. The standard InChI is InChI=1S/C24H26ClN3O2/c25-23-6-2-1-5-21(23)22-14-26-17-27-24(22)19-4-3-11-28(16-19)15-18-7-9-20(10-8-18)30-13-12-29/h1-2,5-10,14,17,19,29H,3-4,11-13,15-16H2. The summed E-state index contributed by atoms with van der Waals surface area (Å²) in [5.41, 5.74) is 4.35. The molecule has 1 atom stereocenters. The molecule has 6 heteroatoms. The molecule has 156 valence electrons. The average Bonchev–Trinajstić information content (AvgIpc) is 2.79. The SMILES string of the molecule is OCCOc1ccc(CN2CCCC(c3ncncc3-c3ccccc3Cl)C2)cc1. The van der Waals surface area contributed by atoms with Crippen LogP contribution in [0.3, 0.4) is 0 Å². The molecule has 0 saturated carbocycles. The first kappa shape index (κ1) is 20.8. The van der Waals surface area contributed by atoms with Crippen LogP contribution in [0.25, 0.3) is 11.1 Å². The minimum atomic E-state index is 0.0239. The zero-order valence-electron chi connectivity index (χ0n) is 16.9. The minimum absolute atomic E-state index is 0.0239. The number of nitrogens with zero attached hydrogens (tertiary/aromatic N) is 3. The normalized spacial score (nSPS) is 17.1. The number of aliphatic hydroxyl groups excluding tert-OH is 1. The van der Waals surface area contributed by atoms with E-state index in [1.807, 2.05) is 42.6 Å². The second-order valence-corrected chi connectivity index (χ2v) is 8.00. The fourth-order valence-electron chi connectivity index (χ4n) is 4.09. The van der Waals surface area contributed by atoms with Gasteiger partial charge in [0.1, 0.15) is 18.7 Å². The number of rotatable bonds is 7. The molecular formula is C24H26ClN3O2. The number of hydrogen-bond acceptors (Lipinski definition) is 5. The first-order valence-electron chi connectivity index (χ1n) is 10.3. The van der Waals surface area contributed by atoms with Gasteiger partial charge in [-0.15, -0.1) is 0 Å². The van der Waals surface area contributed by atoms with Crippen molar-refractivity contribution in [3.63, 3.8) is 0 Å². The van der Waals surface area contributed by atoms with Gasteiger partial charge < -0.3 is 9.84 Å². The zero-order chi connectivity index (χ0) is 20.8. The molecule has 2 heterocycles. The van der Waals surface area contributed by atoms with E-state index in [9.17, 15) is 0 Å². The Kier molecular flexibility index (Phi) is 6.95. The van der Waals surface area contributed by atoms with Gasteiger partial charge in [-0.05, 0) is 43.1 Å². The number of ether oxygens (including phenoxy) is 1. The molecule has 0 radical (unpaired) electrons. The van der Waals surface area contributed by atoms with E-state index in [-0.39, 0.29) is 6.61 Å². The second kappa shape index (κ2) is 10.0. The predicted molar refractivity (Wildman–Crippen MR) is 119 cm³/mol. The minimum Gasteiger partial charge on any atom is -0.491 e. The van der Waals surface area contributed by atoms with Crippen molar-refractivity contribution < 1.29 is 9.84 Å². The number of hydrogen-bond donors (Lipinski definition) is 1. The molecule has 0 amide bonds. The molecule has 1 aliphatic heterocycles. The van der Waals surface area contributed by atoms with Crippen LogP contribution in [0.4, 0.5) is 0 Å². The van der Waals surface area contributed by atoms with Crippen molar-refractivity contribution in [1.82, 2.24) is 14.9 Å². The molecule has 1 N–H and O–H groups in total. The molecule has 1 unspecified atom stereocenters. The van der Waals surface area contributed by atoms with Crippen molar-refractivity contribution in [2.75, 3.05) is 26.3 Å². The smallest absolute Gasteiger partial charge is 0.119 e. The van der Waals surface area contributed by atoms with Gasteiger partial charge in [0.15, 0.2) is 0 Å². The Morgan fingerprint density at radius 1 is 1.10 bits per heavy atom. The third kappa shape index (κ3) is 4.98. The van der Waals surface area contributed by atoms with Crippen LogP contribution >= 0.6 is 11.6 Å². The fraction of sp³-hybridized carbons (Fsp3) is 0.333. The molecular weight excluding hydrogens is 398 g/mol. The average molecular weight is 424 g/mol. The summed E-state index contributed by atoms with van der Waals surface area (Å²) in [5.74, 6) is 1.13. The van der Waals surface area contributed by atoms with E-state index >= 15 is 0 Å². The van der Waals surface area contributed by atoms with Crippen molar-refractivity contribution in [2.45, 2.75) is 25.3 Å². The molecule has 5 nitrogen and oxygen atoms in total. The summed E-state index contributed by atoms with van der Waals surface area (Å²) < 4.78 is 5.45. The summed E-state index contributed by atoms with van der Waals surface area (Å²) in [6.45, 7) is 3.27. The molecule has 0 aliphatic carbocycles. The molecule has 1 aromatic heterocycles. The third-order valence-electron chi connectivity index (χ3n) is 5.49. The Labute approximate surface area is 182 Å². The van der Waals surface area contributed by atoms with Gasteiger partial charge in [-0.1, -0.05) is 41.9 Å². The Morgan fingerprint density at radius 3 is 2.73 bits per heavy atom. The highest BCUT2D eigenvalue weighted by molar-refractivity contribution is 6.33. The first-order chi connectivity index (χ1) is 14.7. The van der Waals surface area contributed by atoms with E-state index < -0.39 is 0 Å². The van der Waals surface area contributed by atoms with Gasteiger partial charge in [0.05, 0.1) is 12.3 Å². The van der Waals surface area contributed by atoms with Crippen LogP contribution in [0.1, 0.15) is 30.0 Å². The van der Waals surface area contributed by atoms with Crippen LogP contribution in [0, 0.1) is 0 Å². The lowest BCUT2D eigenvalue weighted by atomic mass is 9.89. The van der Waals surface area contributed by atoms with Crippen molar-refractivity contribution in [2.24, 2.45) is 0 Å². The van der Waals surface area contributed by atoms with Crippen LogP contribution in [-0.4, -0.2) is 46.3 Å². The number of piperidine rings is 1. The number of aliphatic hydroxyl groups is 1. The topological polar surface area (TPSA) is 58.5 Å². The van der Waals surface area contributed by atoms with Gasteiger partial charge in [-0.3, -0.25) is 4.90 Å². The number of likely N-dealkylation sites (tertiary alicyclic amines) is 1. The van der Waals surface area contributed by atoms with Crippen molar-refractivity contribution >= 4 is 11.6 Å². The van der Waals surface area contributed by atoms with Crippen LogP contribution < -0.4 is 4.74 Å². The highest BCUT2D eigenvalue weighted by Crippen LogP contribution is 2.35. The molecule has 2 aromatic carbocycles. The first-order valence-corrected chi connectivity index (χ1v) is 10.7. The van der Waals surface area contributed by atoms with E-state index in [4.69, 9.17) is 21.4 Å². The van der Waals surface area contributed by atoms with Crippen molar-refractivity contribution in [3.05, 3.63) is 77.3 Å². The summed E-state index contributed by atoms with van der Waals surface area (Å²) in [5, 5.41) is 9.60. The summed E-state index contributed by atoms with van der Waals surface area (Å²) >= 11 is 6.46. The third-order valence-corrected chi connectivity index (χ3v) is 5.82. The second-order valence-electron chi connectivity index (χ2n) is 7.59. The van der Waals surface area contributed by atoms with Crippen LogP contribution in [0.15, 0.2) is 61.1 Å². The molecule has 1 fully saturated rings. The summed E-state index contributed by atoms with van der Waals surface area (Å²) in [6.07, 6.45) is 5.76. The maximum absolute atomic E-state index is 8.88. The van der Waals surface area contributed by atoms with Crippen molar-refractivity contribution in [3.8, 4) is 16.9 Å². The number of benzene rings is 2. The number of aromatic nitrogens is 2.